The zero-order valence-electron chi connectivity index (χ0n) is 9.51. The number of halogens is 2. The minimum absolute atomic E-state index is 0.0834. The van der Waals surface area contributed by atoms with Gasteiger partial charge in [-0.15, -0.1) is 0 Å². The fraction of sp³-hybridized carbons (Fsp3) is 0.700. The van der Waals surface area contributed by atoms with Crippen LogP contribution in [0.1, 0.15) is 32.0 Å². The topological polar surface area (TPSA) is 43.8 Å². The molecule has 3 nitrogen and oxygen atoms in total. The van der Waals surface area contributed by atoms with Gasteiger partial charge in [0.1, 0.15) is 0 Å². The standard InChI is InChI=1S/C10H17F2N3/c1-7-8(10(11,12)6-13)5-15(14-7)9(2,3)4/h5H,6,13H2,1-4H3. The van der Waals surface area contributed by atoms with E-state index in [4.69, 9.17) is 5.73 Å². The Hall–Kier alpha value is -0.970. The van der Waals surface area contributed by atoms with Crippen LogP contribution in [0.3, 0.4) is 0 Å². The maximum absolute atomic E-state index is 13.4. The summed E-state index contributed by atoms with van der Waals surface area (Å²) in [4.78, 5) is 0. The maximum atomic E-state index is 13.4. The predicted molar refractivity (Wildman–Crippen MR) is 54.9 cm³/mol. The molecule has 0 aromatic carbocycles. The molecule has 1 aromatic rings. The van der Waals surface area contributed by atoms with E-state index in [1.807, 2.05) is 20.8 Å². The molecule has 0 atom stereocenters. The second-order valence-corrected chi connectivity index (χ2v) is 4.65. The van der Waals surface area contributed by atoms with E-state index in [9.17, 15) is 8.78 Å². The summed E-state index contributed by atoms with van der Waals surface area (Å²) in [6.45, 7) is 6.60. The first-order chi connectivity index (χ1) is 6.68. The first kappa shape index (κ1) is 12.1. The Balaban J connectivity index is 3.18. The fourth-order valence-corrected chi connectivity index (χ4v) is 1.27. The summed E-state index contributed by atoms with van der Waals surface area (Å²) in [6, 6.07) is 0. The highest BCUT2D eigenvalue weighted by Crippen LogP contribution is 2.30. The Kier molecular flexibility index (Phi) is 2.87. The lowest BCUT2D eigenvalue weighted by molar-refractivity contribution is 0.00517. The van der Waals surface area contributed by atoms with Crippen molar-refractivity contribution in [2.75, 3.05) is 6.54 Å². The van der Waals surface area contributed by atoms with Crippen molar-refractivity contribution in [3.63, 3.8) is 0 Å². The van der Waals surface area contributed by atoms with Crippen LogP contribution in [0.2, 0.25) is 0 Å². The summed E-state index contributed by atoms with van der Waals surface area (Å²) in [5.74, 6) is -2.99. The van der Waals surface area contributed by atoms with Crippen LogP contribution >= 0.6 is 0 Å². The van der Waals surface area contributed by atoms with E-state index in [1.54, 1.807) is 11.6 Å². The van der Waals surface area contributed by atoms with Gasteiger partial charge in [-0.3, -0.25) is 4.68 Å². The number of nitrogens with zero attached hydrogens (tertiary/aromatic N) is 2. The number of rotatable bonds is 2. The molecule has 0 unspecified atom stereocenters. The van der Waals surface area contributed by atoms with Gasteiger partial charge in [0, 0.05) is 6.20 Å². The molecule has 0 saturated heterocycles. The van der Waals surface area contributed by atoms with Crippen LogP contribution < -0.4 is 5.73 Å². The largest absolute Gasteiger partial charge is 0.325 e. The lowest BCUT2D eigenvalue weighted by Crippen LogP contribution is -2.26. The molecule has 0 radical (unpaired) electrons. The maximum Gasteiger partial charge on any atom is 0.288 e. The highest BCUT2D eigenvalue weighted by molar-refractivity contribution is 5.22. The summed E-state index contributed by atoms with van der Waals surface area (Å²) >= 11 is 0. The molecule has 1 aromatic heterocycles. The molecule has 1 rings (SSSR count). The van der Waals surface area contributed by atoms with Crippen LogP contribution in [0, 0.1) is 6.92 Å². The number of hydrogen-bond donors (Lipinski definition) is 1. The van der Waals surface area contributed by atoms with E-state index in [2.05, 4.69) is 5.10 Å². The smallest absolute Gasteiger partial charge is 0.288 e. The highest BCUT2D eigenvalue weighted by atomic mass is 19.3. The summed E-state index contributed by atoms with van der Waals surface area (Å²) in [7, 11) is 0. The Morgan fingerprint density at radius 1 is 1.40 bits per heavy atom. The van der Waals surface area contributed by atoms with Crippen LogP contribution in [0.4, 0.5) is 8.78 Å². The van der Waals surface area contributed by atoms with E-state index >= 15 is 0 Å². The Labute approximate surface area is 88.3 Å². The number of aromatic nitrogens is 2. The highest BCUT2D eigenvalue weighted by Gasteiger charge is 2.34. The van der Waals surface area contributed by atoms with Gasteiger partial charge in [0.25, 0.3) is 5.92 Å². The van der Waals surface area contributed by atoms with Crippen LogP contribution in [0.15, 0.2) is 6.20 Å². The Bertz CT molecular complexity index is 350. The molecule has 2 N–H and O–H groups in total. The minimum Gasteiger partial charge on any atom is -0.325 e. The van der Waals surface area contributed by atoms with Gasteiger partial charge in [0.2, 0.25) is 0 Å². The zero-order chi connectivity index (χ0) is 11.9. The van der Waals surface area contributed by atoms with Gasteiger partial charge in [-0.25, -0.2) is 0 Å². The molecule has 0 aliphatic rings. The normalized spacial score (nSPS) is 13.3. The van der Waals surface area contributed by atoms with Gasteiger partial charge < -0.3 is 5.73 Å². The first-order valence-electron chi connectivity index (χ1n) is 4.83. The molecule has 0 saturated carbocycles. The summed E-state index contributed by atoms with van der Waals surface area (Å²) in [5, 5.41) is 4.08. The summed E-state index contributed by atoms with van der Waals surface area (Å²) in [6.07, 6.45) is 1.38. The number of nitrogens with two attached hydrogens (primary N) is 1. The monoisotopic (exact) mass is 217 g/mol. The van der Waals surface area contributed by atoms with E-state index in [-0.39, 0.29) is 11.1 Å². The van der Waals surface area contributed by atoms with Crippen LogP contribution in [-0.2, 0) is 11.5 Å². The third-order valence-corrected chi connectivity index (χ3v) is 2.24. The average molecular weight is 217 g/mol. The van der Waals surface area contributed by atoms with Gasteiger partial charge in [-0.05, 0) is 27.7 Å². The lowest BCUT2D eigenvalue weighted by atomic mass is 10.1. The summed E-state index contributed by atoms with van der Waals surface area (Å²) in [5.41, 5.74) is 4.99. The molecule has 0 spiro atoms. The number of aryl methyl sites for hydroxylation is 1. The second-order valence-electron chi connectivity index (χ2n) is 4.65. The molecule has 5 heteroatoms. The third-order valence-electron chi connectivity index (χ3n) is 2.24. The van der Waals surface area contributed by atoms with Crippen molar-refractivity contribution in [1.29, 1.82) is 0 Å². The van der Waals surface area contributed by atoms with Gasteiger partial charge in [0.05, 0.1) is 23.3 Å². The molecular formula is C10H17F2N3. The van der Waals surface area contributed by atoms with Crippen molar-refractivity contribution in [1.82, 2.24) is 9.78 Å². The fourth-order valence-electron chi connectivity index (χ4n) is 1.27. The van der Waals surface area contributed by atoms with Gasteiger partial charge in [-0.2, -0.15) is 13.9 Å². The molecule has 0 bridgehead atoms. The van der Waals surface area contributed by atoms with Gasteiger partial charge >= 0.3 is 0 Å². The average Bonchev–Trinajstić information content (AvgIpc) is 2.47. The van der Waals surface area contributed by atoms with Gasteiger partial charge in [-0.1, -0.05) is 0 Å². The molecule has 15 heavy (non-hydrogen) atoms. The van der Waals surface area contributed by atoms with Crippen molar-refractivity contribution in [3.05, 3.63) is 17.5 Å². The second kappa shape index (κ2) is 3.56. The SMILES string of the molecule is Cc1nn(C(C)(C)C)cc1C(F)(F)CN. The Morgan fingerprint density at radius 3 is 2.27 bits per heavy atom. The van der Waals surface area contributed by atoms with Crippen molar-refractivity contribution >= 4 is 0 Å². The molecular weight excluding hydrogens is 200 g/mol. The van der Waals surface area contributed by atoms with E-state index in [0.29, 0.717) is 5.69 Å². The molecule has 0 fully saturated rings. The van der Waals surface area contributed by atoms with Crippen LogP contribution in [0.5, 0.6) is 0 Å². The van der Waals surface area contributed by atoms with E-state index in [1.165, 1.54) is 6.20 Å². The van der Waals surface area contributed by atoms with Crippen molar-refractivity contribution in [2.24, 2.45) is 5.73 Å². The molecule has 0 amide bonds. The minimum atomic E-state index is -2.99. The predicted octanol–water partition coefficient (Wildman–Crippen LogP) is 2.00. The van der Waals surface area contributed by atoms with Crippen molar-refractivity contribution in [3.8, 4) is 0 Å². The van der Waals surface area contributed by atoms with Crippen LogP contribution in [-0.4, -0.2) is 16.3 Å². The molecule has 86 valence electrons. The lowest BCUT2D eigenvalue weighted by Gasteiger charge is -2.19. The Morgan fingerprint density at radius 2 is 1.93 bits per heavy atom. The first-order valence-corrected chi connectivity index (χ1v) is 4.83. The number of alkyl halides is 2. The van der Waals surface area contributed by atoms with Crippen molar-refractivity contribution < 1.29 is 8.78 Å². The van der Waals surface area contributed by atoms with Gasteiger partial charge in [0.15, 0.2) is 0 Å². The molecule has 0 aliphatic heterocycles. The molecule has 1 heterocycles. The zero-order valence-corrected chi connectivity index (χ0v) is 9.51. The number of hydrogen-bond acceptors (Lipinski definition) is 2. The van der Waals surface area contributed by atoms with E-state index in [0.717, 1.165) is 0 Å². The summed E-state index contributed by atoms with van der Waals surface area (Å²) < 4.78 is 28.3. The third kappa shape index (κ3) is 2.34. The van der Waals surface area contributed by atoms with Crippen LogP contribution in [0.25, 0.3) is 0 Å². The van der Waals surface area contributed by atoms with Crippen molar-refractivity contribution in [2.45, 2.75) is 39.2 Å². The quantitative estimate of drug-likeness (QED) is 0.823. The molecule has 0 aliphatic carbocycles. The van der Waals surface area contributed by atoms with E-state index < -0.39 is 12.5 Å².